The normalized spacial score (nSPS) is 15.2. The molecule has 6 heteroatoms. The highest BCUT2D eigenvalue weighted by atomic mass is 32.2. The van der Waals surface area contributed by atoms with E-state index in [4.69, 9.17) is 14.9 Å². The molecule has 5 nitrogen and oxygen atoms in total. The van der Waals surface area contributed by atoms with Gasteiger partial charge in [0.15, 0.2) is 5.17 Å². The molecule has 2 N–H and O–H groups in total. The minimum Gasteiger partial charge on any atom is -0.489 e. The van der Waals surface area contributed by atoms with Crippen molar-refractivity contribution in [3.05, 3.63) is 64.1 Å². The van der Waals surface area contributed by atoms with Gasteiger partial charge in [-0.15, -0.1) is 0 Å². The first-order chi connectivity index (χ1) is 12.5. The molecule has 0 bridgehead atoms. The number of aryl methyl sites for hydroxylation is 2. The zero-order valence-corrected chi connectivity index (χ0v) is 15.5. The summed E-state index contributed by atoms with van der Waals surface area (Å²) in [4.78, 5) is 12.3. The summed E-state index contributed by atoms with van der Waals surface area (Å²) in [5.41, 5.74) is 3.00. The number of carbonyl (C=O) groups is 1. The van der Waals surface area contributed by atoms with Crippen LogP contribution in [0.3, 0.4) is 0 Å². The maximum absolute atomic E-state index is 11.8. The molecule has 0 aromatic heterocycles. The minimum atomic E-state index is -0.256. The maximum Gasteiger partial charge on any atom is 0.264 e. The molecular weight excluding hydrogens is 348 g/mol. The van der Waals surface area contributed by atoms with Gasteiger partial charge in [-0.2, -0.15) is 0 Å². The van der Waals surface area contributed by atoms with Crippen LogP contribution in [0.5, 0.6) is 11.5 Å². The number of hydrogen-bond acceptors (Lipinski definition) is 5. The van der Waals surface area contributed by atoms with Crippen molar-refractivity contribution >= 4 is 28.9 Å². The number of carbonyl (C=O) groups excluding carboxylic acids is 1. The average Bonchev–Trinajstić information content (AvgIpc) is 2.92. The first-order valence-electron chi connectivity index (χ1n) is 8.25. The van der Waals surface area contributed by atoms with Gasteiger partial charge in [0.05, 0.1) is 4.91 Å². The fraction of sp³-hybridized carbons (Fsp3) is 0.200. The molecule has 0 spiro atoms. The summed E-state index contributed by atoms with van der Waals surface area (Å²) >= 11 is 1.11. The molecule has 1 saturated heterocycles. The van der Waals surface area contributed by atoms with Crippen molar-refractivity contribution < 1.29 is 14.3 Å². The number of para-hydroxylation sites is 2. The SMILES string of the molecule is Cc1cccc(C)c1OCCOc1ccccc1C=C1SC(=N)NC1=O. The highest BCUT2D eigenvalue weighted by Crippen LogP contribution is 2.28. The molecule has 26 heavy (non-hydrogen) atoms. The lowest BCUT2D eigenvalue weighted by atomic mass is 10.1. The molecule has 1 aliphatic heterocycles. The van der Waals surface area contributed by atoms with Crippen LogP contribution in [0.25, 0.3) is 6.08 Å². The van der Waals surface area contributed by atoms with E-state index < -0.39 is 0 Å². The summed E-state index contributed by atoms with van der Waals surface area (Å²) in [6, 6.07) is 13.6. The van der Waals surface area contributed by atoms with Crippen molar-refractivity contribution in [2.45, 2.75) is 13.8 Å². The number of hydrogen-bond donors (Lipinski definition) is 2. The lowest BCUT2D eigenvalue weighted by Crippen LogP contribution is -2.18. The molecule has 1 heterocycles. The predicted molar refractivity (Wildman–Crippen MR) is 105 cm³/mol. The first kappa shape index (κ1) is 18.1. The molecule has 3 rings (SSSR count). The van der Waals surface area contributed by atoms with Crippen molar-refractivity contribution in [2.75, 3.05) is 13.2 Å². The second kappa shape index (κ2) is 8.10. The third-order valence-electron chi connectivity index (χ3n) is 3.86. The van der Waals surface area contributed by atoms with E-state index in [-0.39, 0.29) is 11.1 Å². The van der Waals surface area contributed by atoms with E-state index >= 15 is 0 Å². The van der Waals surface area contributed by atoms with Crippen molar-refractivity contribution in [1.29, 1.82) is 5.41 Å². The van der Waals surface area contributed by atoms with Crippen molar-refractivity contribution in [2.24, 2.45) is 0 Å². The second-order valence-corrected chi connectivity index (χ2v) is 6.90. The van der Waals surface area contributed by atoms with Gasteiger partial charge in [-0.1, -0.05) is 36.4 Å². The number of ether oxygens (including phenoxy) is 2. The van der Waals surface area contributed by atoms with E-state index in [1.165, 1.54) is 0 Å². The topological polar surface area (TPSA) is 71.4 Å². The minimum absolute atomic E-state index is 0.140. The van der Waals surface area contributed by atoms with Crippen LogP contribution in [0.15, 0.2) is 47.4 Å². The van der Waals surface area contributed by atoms with Crippen LogP contribution in [0.1, 0.15) is 16.7 Å². The average molecular weight is 368 g/mol. The zero-order valence-electron chi connectivity index (χ0n) is 14.7. The Morgan fingerprint density at radius 3 is 2.42 bits per heavy atom. The summed E-state index contributed by atoms with van der Waals surface area (Å²) in [5.74, 6) is 1.31. The molecular formula is C20H20N2O3S. The van der Waals surface area contributed by atoms with Crippen molar-refractivity contribution in [3.8, 4) is 11.5 Å². The van der Waals surface area contributed by atoms with Crippen LogP contribution < -0.4 is 14.8 Å². The van der Waals surface area contributed by atoms with Crippen LogP contribution in [0, 0.1) is 19.3 Å². The first-order valence-corrected chi connectivity index (χ1v) is 9.06. The highest BCUT2D eigenvalue weighted by Gasteiger charge is 2.22. The van der Waals surface area contributed by atoms with E-state index in [0.717, 1.165) is 34.2 Å². The van der Waals surface area contributed by atoms with E-state index in [9.17, 15) is 4.79 Å². The lowest BCUT2D eigenvalue weighted by molar-refractivity contribution is -0.115. The Morgan fingerprint density at radius 2 is 1.73 bits per heavy atom. The van der Waals surface area contributed by atoms with Gasteiger partial charge in [0.25, 0.3) is 5.91 Å². The number of thioether (sulfide) groups is 1. The van der Waals surface area contributed by atoms with Gasteiger partial charge in [0, 0.05) is 5.56 Å². The van der Waals surface area contributed by atoms with Crippen molar-refractivity contribution in [3.63, 3.8) is 0 Å². The van der Waals surface area contributed by atoms with Crippen LogP contribution in [-0.2, 0) is 4.79 Å². The lowest BCUT2D eigenvalue weighted by Gasteiger charge is -2.13. The number of nitrogens with one attached hydrogen (secondary N) is 2. The molecule has 2 aromatic carbocycles. The number of amidine groups is 1. The molecule has 0 atom stereocenters. The van der Waals surface area contributed by atoms with Crippen LogP contribution >= 0.6 is 11.8 Å². The molecule has 2 aromatic rings. The van der Waals surface area contributed by atoms with E-state index in [1.54, 1.807) is 6.08 Å². The third-order valence-corrected chi connectivity index (χ3v) is 4.69. The Labute approximate surface area is 156 Å². The van der Waals surface area contributed by atoms with Gasteiger partial charge in [-0.25, -0.2) is 0 Å². The summed E-state index contributed by atoms with van der Waals surface area (Å²) < 4.78 is 11.7. The molecule has 0 aliphatic carbocycles. The number of rotatable bonds is 6. The fourth-order valence-electron chi connectivity index (χ4n) is 2.64. The van der Waals surface area contributed by atoms with Gasteiger partial charge < -0.3 is 14.8 Å². The fourth-order valence-corrected chi connectivity index (χ4v) is 3.33. The van der Waals surface area contributed by atoms with E-state index in [0.29, 0.717) is 23.9 Å². The third kappa shape index (κ3) is 4.26. The predicted octanol–water partition coefficient (Wildman–Crippen LogP) is 3.90. The molecule has 134 valence electrons. The quantitative estimate of drug-likeness (QED) is 0.599. The molecule has 1 aliphatic rings. The zero-order chi connectivity index (χ0) is 18.5. The Bertz CT molecular complexity index is 857. The van der Waals surface area contributed by atoms with Crippen molar-refractivity contribution in [1.82, 2.24) is 5.32 Å². The van der Waals surface area contributed by atoms with Gasteiger partial charge in [0.2, 0.25) is 0 Å². The summed E-state index contributed by atoms with van der Waals surface area (Å²) in [6.07, 6.45) is 1.74. The second-order valence-electron chi connectivity index (χ2n) is 5.85. The van der Waals surface area contributed by atoms with E-state index in [1.807, 2.05) is 56.3 Å². The Hall–Kier alpha value is -2.73. The molecule has 0 saturated carbocycles. The number of benzene rings is 2. The maximum atomic E-state index is 11.8. The highest BCUT2D eigenvalue weighted by molar-refractivity contribution is 8.18. The summed E-state index contributed by atoms with van der Waals surface area (Å²) in [7, 11) is 0. The Morgan fingerprint density at radius 1 is 1.04 bits per heavy atom. The largest absolute Gasteiger partial charge is 0.489 e. The molecule has 0 radical (unpaired) electrons. The molecule has 1 amide bonds. The Balaban J connectivity index is 1.63. The number of amides is 1. The van der Waals surface area contributed by atoms with Crippen LogP contribution in [0.4, 0.5) is 0 Å². The Kier molecular flexibility index (Phi) is 5.63. The van der Waals surface area contributed by atoms with Crippen LogP contribution in [-0.4, -0.2) is 24.3 Å². The smallest absolute Gasteiger partial charge is 0.264 e. The van der Waals surface area contributed by atoms with Gasteiger partial charge in [-0.3, -0.25) is 10.2 Å². The van der Waals surface area contributed by atoms with Gasteiger partial charge >= 0.3 is 0 Å². The standard InChI is InChI=1S/C20H20N2O3S/c1-13-6-5-7-14(2)18(13)25-11-10-24-16-9-4-3-8-15(16)12-17-19(23)22-20(21)26-17/h3-9,12H,10-11H2,1-2H3,(H2,21,22,23). The van der Waals surface area contributed by atoms with Gasteiger partial charge in [0.1, 0.15) is 24.7 Å². The monoisotopic (exact) mass is 368 g/mol. The van der Waals surface area contributed by atoms with E-state index in [2.05, 4.69) is 5.32 Å². The summed E-state index contributed by atoms with van der Waals surface area (Å²) in [6.45, 7) is 4.86. The van der Waals surface area contributed by atoms with Gasteiger partial charge in [-0.05, 0) is 48.9 Å². The van der Waals surface area contributed by atoms with Crippen LogP contribution in [0.2, 0.25) is 0 Å². The summed E-state index contributed by atoms with van der Waals surface area (Å²) in [5, 5.41) is 10.1. The molecule has 1 fully saturated rings. The molecule has 0 unspecified atom stereocenters.